The molecule has 0 saturated carbocycles. The van der Waals surface area contributed by atoms with Crippen LogP contribution in [0.4, 0.5) is 0 Å². The number of nitrogens with one attached hydrogen (secondary N) is 1. The van der Waals surface area contributed by atoms with Gasteiger partial charge in [0.25, 0.3) is 0 Å². The van der Waals surface area contributed by atoms with Gasteiger partial charge < -0.3 is 15.3 Å². The summed E-state index contributed by atoms with van der Waals surface area (Å²) in [6, 6.07) is 18.2. The highest BCUT2D eigenvalue weighted by molar-refractivity contribution is 14.0. The minimum atomic E-state index is -0.593. The van der Waals surface area contributed by atoms with Crippen LogP contribution in [0.5, 0.6) is 0 Å². The Kier molecular flexibility index (Phi) is 9.52. The van der Waals surface area contributed by atoms with Crippen molar-refractivity contribution in [3.8, 4) is 0 Å². The molecule has 25 heavy (non-hydrogen) atoms. The fourth-order valence-corrected chi connectivity index (χ4v) is 2.47. The van der Waals surface area contributed by atoms with Crippen LogP contribution in [0.25, 0.3) is 0 Å². The molecule has 0 bridgehead atoms. The van der Waals surface area contributed by atoms with E-state index < -0.39 is 6.10 Å². The van der Waals surface area contributed by atoms with Gasteiger partial charge >= 0.3 is 0 Å². The van der Waals surface area contributed by atoms with Crippen molar-refractivity contribution >= 4 is 29.9 Å². The molecule has 2 aromatic rings. The number of aryl methyl sites for hydroxylation is 1. The van der Waals surface area contributed by atoms with Gasteiger partial charge in [0.2, 0.25) is 0 Å². The third-order valence-electron chi connectivity index (χ3n) is 3.84. The summed E-state index contributed by atoms with van der Waals surface area (Å²) in [5.74, 6) is 0.799. The Balaban J connectivity index is 0.00000312. The fraction of sp³-hybridized carbons (Fsp3) is 0.350. The van der Waals surface area contributed by atoms with Gasteiger partial charge in [0.05, 0.1) is 12.6 Å². The molecule has 0 aliphatic carbocycles. The standard InChI is InChI=1S/C20H27N3O.HI/c1-4-21-20(23(3)15-17-8-6-5-7-9-17)22-14-19(24)18-12-10-16(2)11-13-18;/h5-13,19,24H,4,14-15H2,1-3H3,(H,21,22);1H. The van der Waals surface area contributed by atoms with E-state index in [0.717, 1.165) is 24.6 Å². The molecule has 0 spiro atoms. The van der Waals surface area contributed by atoms with E-state index in [9.17, 15) is 5.11 Å². The molecule has 0 fully saturated rings. The van der Waals surface area contributed by atoms with Gasteiger partial charge in [-0.05, 0) is 25.0 Å². The Labute approximate surface area is 168 Å². The molecule has 0 aliphatic heterocycles. The van der Waals surface area contributed by atoms with E-state index in [1.807, 2.05) is 63.4 Å². The molecule has 5 heteroatoms. The first-order chi connectivity index (χ1) is 11.6. The van der Waals surface area contributed by atoms with Crippen molar-refractivity contribution in [2.75, 3.05) is 20.1 Å². The van der Waals surface area contributed by atoms with Crippen molar-refractivity contribution in [3.05, 3.63) is 71.3 Å². The smallest absolute Gasteiger partial charge is 0.194 e. The van der Waals surface area contributed by atoms with Crippen molar-refractivity contribution in [1.82, 2.24) is 10.2 Å². The zero-order valence-corrected chi connectivity index (χ0v) is 17.5. The summed E-state index contributed by atoms with van der Waals surface area (Å²) in [7, 11) is 2.01. The minimum Gasteiger partial charge on any atom is -0.386 e. The zero-order chi connectivity index (χ0) is 17.4. The SMILES string of the molecule is CCNC(=NCC(O)c1ccc(C)cc1)N(C)Cc1ccccc1.I. The van der Waals surface area contributed by atoms with Gasteiger partial charge in [-0.2, -0.15) is 0 Å². The number of guanidine groups is 1. The van der Waals surface area contributed by atoms with Crippen LogP contribution in [0.1, 0.15) is 29.7 Å². The molecule has 0 heterocycles. The molecule has 0 saturated heterocycles. The van der Waals surface area contributed by atoms with E-state index in [4.69, 9.17) is 0 Å². The number of benzene rings is 2. The molecule has 136 valence electrons. The Morgan fingerprint density at radius 3 is 2.36 bits per heavy atom. The number of hydrogen-bond donors (Lipinski definition) is 2. The Morgan fingerprint density at radius 2 is 1.76 bits per heavy atom. The third-order valence-corrected chi connectivity index (χ3v) is 3.84. The largest absolute Gasteiger partial charge is 0.386 e. The highest BCUT2D eigenvalue weighted by Gasteiger charge is 2.10. The van der Waals surface area contributed by atoms with E-state index in [-0.39, 0.29) is 24.0 Å². The zero-order valence-electron chi connectivity index (χ0n) is 15.1. The summed E-state index contributed by atoms with van der Waals surface area (Å²) in [6.07, 6.45) is -0.593. The second-order valence-corrected chi connectivity index (χ2v) is 5.96. The predicted molar refractivity (Wildman–Crippen MR) is 115 cm³/mol. The molecule has 2 N–H and O–H groups in total. The Hall–Kier alpha value is -1.60. The number of nitrogens with zero attached hydrogens (tertiary/aromatic N) is 2. The van der Waals surface area contributed by atoms with Crippen LogP contribution in [0, 0.1) is 6.92 Å². The van der Waals surface area contributed by atoms with Crippen molar-refractivity contribution < 1.29 is 5.11 Å². The molecule has 4 nitrogen and oxygen atoms in total. The van der Waals surface area contributed by atoms with E-state index >= 15 is 0 Å². The number of aliphatic imine (C=N–C) groups is 1. The summed E-state index contributed by atoms with van der Waals surface area (Å²) in [4.78, 5) is 6.66. The van der Waals surface area contributed by atoms with Crippen molar-refractivity contribution in [2.45, 2.75) is 26.5 Å². The highest BCUT2D eigenvalue weighted by Crippen LogP contribution is 2.14. The molecular formula is C20H28IN3O. The first kappa shape index (κ1) is 21.4. The number of rotatable bonds is 6. The quantitative estimate of drug-likeness (QED) is 0.398. The first-order valence-corrected chi connectivity index (χ1v) is 8.38. The van der Waals surface area contributed by atoms with Gasteiger partial charge in [-0.25, -0.2) is 0 Å². The van der Waals surface area contributed by atoms with Gasteiger partial charge in [-0.1, -0.05) is 60.2 Å². The number of hydrogen-bond acceptors (Lipinski definition) is 2. The predicted octanol–water partition coefficient (Wildman–Crippen LogP) is 3.74. The molecule has 0 radical (unpaired) electrons. The average Bonchev–Trinajstić information content (AvgIpc) is 2.59. The van der Waals surface area contributed by atoms with Crippen LogP contribution in [0.2, 0.25) is 0 Å². The topological polar surface area (TPSA) is 47.9 Å². The lowest BCUT2D eigenvalue weighted by Crippen LogP contribution is -2.38. The van der Waals surface area contributed by atoms with Gasteiger partial charge in [0.15, 0.2) is 5.96 Å². The number of aliphatic hydroxyl groups excluding tert-OH is 1. The van der Waals surface area contributed by atoms with E-state index in [2.05, 4.69) is 27.3 Å². The van der Waals surface area contributed by atoms with Crippen molar-refractivity contribution in [1.29, 1.82) is 0 Å². The fourth-order valence-electron chi connectivity index (χ4n) is 2.47. The van der Waals surface area contributed by atoms with Crippen LogP contribution in [0.15, 0.2) is 59.6 Å². The second-order valence-electron chi connectivity index (χ2n) is 5.96. The number of aliphatic hydroxyl groups is 1. The Morgan fingerprint density at radius 1 is 1.12 bits per heavy atom. The second kappa shape index (κ2) is 11.1. The summed E-state index contributed by atoms with van der Waals surface area (Å²) < 4.78 is 0. The number of halogens is 1. The maximum atomic E-state index is 10.3. The average molecular weight is 453 g/mol. The third kappa shape index (κ3) is 7.04. The lowest BCUT2D eigenvalue weighted by atomic mass is 10.1. The Bertz CT molecular complexity index is 644. The lowest BCUT2D eigenvalue weighted by molar-refractivity contribution is 0.186. The first-order valence-electron chi connectivity index (χ1n) is 8.38. The van der Waals surface area contributed by atoms with Gasteiger partial charge in [0.1, 0.15) is 0 Å². The summed E-state index contributed by atoms with van der Waals surface area (Å²) in [5.41, 5.74) is 3.31. The van der Waals surface area contributed by atoms with Crippen LogP contribution in [0.3, 0.4) is 0 Å². The molecule has 2 aromatic carbocycles. The van der Waals surface area contributed by atoms with E-state index in [1.54, 1.807) is 0 Å². The van der Waals surface area contributed by atoms with Gasteiger partial charge in [-0.15, -0.1) is 24.0 Å². The molecule has 2 rings (SSSR count). The minimum absolute atomic E-state index is 0. The molecule has 0 aromatic heterocycles. The molecular weight excluding hydrogens is 425 g/mol. The normalized spacial score (nSPS) is 12.2. The summed E-state index contributed by atoms with van der Waals surface area (Å²) in [5, 5.41) is 13.6. The van der Waals surface area contributed by atoms with Crippen LogP contribution < -0.4 is 5.32 Å². The molecule has 1 unspecified atom stereocenters. The lowest BCUT2D eigenvalue weighted by Gasteiger charge is -2.22. The monoisotopic (exact) mass is 453 g/mol. The van der Waals surface area contributed by atoms with Crippen LogP contribution >= 0.6 is 24.0 Å². The maximum absolute atomic E-state index is 10.3. The summed E-state index contributed by atoms with van der Waals surface area (Å²) >= 11 is 0. The van der Waals surface area contributed by atoms with Gasteiger partial charge in [-0.3, -0.25) is 4.99 Å². The van der Waals surface area contributed by atoms with Crippen molar-refractivity contribution in [3.63, 3.8) is 0 Å². The van der Waals surface area contributed by atoms with Crippen LogP contribution in [-0.4, -0.2) is 36.1 Å². The van der Waals surface area contributed by atoms with Crippen LogP contribution in [-0.2, 0) is 6.54 Å². The van der Waals surface area contributed by atoms with Crippen molar-refractivity contribution in [2.24, 2.45) is 4.99 Å². The maximum Gasteiger partial charge on any atom is 0.194 e. The molecule has 0 amide bonds. The van der Waals surface area contributed by atoms with E-state index in [0.29, 0.717) is 6.54 Å². The summed E-state index contributed by atoms with van der Waals surface area (Å²) in [6.45, 7) is 5.98. The molecule has 1 atom stereocenters. The molecule has 0 aliphatic rings. The highest BCUT2D eigenvalue weighted by atomic mass is 127. The van der Waals surface area contributed by atoms with Gasteiger partial charge in [0, 0.05) is 20.1 Å². The van der Waals surface area contributed by atoms with E-state index in [1.165, 1.54) is 11.1 Å².